The van der Waals surface area contributed by atoms with Crippen molar-refractivity contribution in [2.45, 2.75) is 85.3 Å². The van der Waals surface area contributed by atoms with E-state index in [2.05, 4.69) is 83.0 Å². The summed E-state index contributed by atoms with van der Waals surface area (Å²) in [6, 6.07) is 16.3. The molecule has 1 heterocycles. The molecule has 0 amide bonds. The minimum absolute atomic E-state index is 0.0151. The molecule has 4 heteroatoms. The molecule has 0 bridgehead atoms. The molecule has 2 aromatic rings. The first kappa shape index (κ1) is 33.1. The highest BCUT2D eigenvalue weighted by Crippen LogP contribution is 2.40. The normalized spacial score (nSPS) is 14.1. The van der Waals surface area contributed by atoms with Gasteiger partial charge < -0.3 is 4.90 Å². The molecule has 1 fully saturated rings. The number of nitrogens with zero attached hydrogens (tertiary/aromatic N) is 1. The average Bonchev–Trinajstić information content (AvgIpc) is 3.42. The Labute approximate surface area is 236 Å². The van der Waals surface area contributed by atoms with Gasteiger partial charge in [-0.15, -0.1) is 11.8 Å². The summed E-state index contributed by atoms with van der Waals surface area (Å²) < 4.78 is 0. The van der Waals surface area contributed by atoms with E-state index in [0.717, 1.165) is 35.5 Å². The number of carbonyl (C=O) groups is 1. The molecule has 0 radical (unpaired) electrons. The minimum Gasteiger partial charge on any atom is -0.374 e. The number of likely N-dealkylation sites (tertiary alicyclic amines) is 1. The largest absolute Gasteiger partial charge is 0.374 e. The fourth-order valence-corrected chi connectivity index (χ4v) is 5.18. The van der Waals surface area contributed by atoms with E-state index >= 15 is 0 Å². The summed E-state index contributed by atoms with van der Waals surface area (Å²) in [6.07, 6.45) is 4.86. The molecule has 1 saturated heterocycles. The van der Waals surface area contributed by atoms with Gasteiger partial charge in [0.25, 0.3) is 0 Å². The molecular formula is C33H48ClNOS. The van der Waals surface area contributed by atoms with Crippen LogP contribution in [0.4, 0.5) is 0 Å². The third-order valence-electron chi connectivity index (χ3n) is 6.18. The molecule has 2 unspecified atom stereocenters. The summed E-state index contributed by atoms with van der Waals surface area (Å²) in [7, 11) is 0. The van der Waals surface area contributed by atoms with Crippen LogP contribution in [-0.4, -0.2) is 23.8 Å². The van der Waals surface area contributed by atoms with Gasteiger partial charge in [0.1, 0.15) is 0 Å². The summed E-state index contributed by atoms with van der Waals surface area (Å²) in [6.45, 7) is 25.1. The van der Waals surface area contributed by atoms with Gasteiger partial charge in [-0.25, -0.2) is 0 Å². The zero-order chi connectivity index (χ0) is 28.0. The lowest BCUT2D eigenvalue weighted by molar-refractivity contribution is 0.0938. The summed E-state index contributed by atoms with van der Waals surface area (Å²) >= 11 is 7.77. The van der Waals surface area contributed by atoms with Crippen molar-refractivity contribution in [2.75, 3.05) is 13.1 Å². The number of halogens is 1. The maximum absolute atomic E-state index is 12.1. The van der Waals surface area contributed by atoms with E-state index in [-0.39, 0.29) is 11.7 Å². The van der Waals surface area contributed by atoms with Crippen LogP contribution in [0.25, 0.3) is 0 Å². The first-order chi connectivity index (χ1) is 17.6. The molecule has 37 heavy (non-hydrogen) atoms. The SMILES string of the molecule is C=C(C)SC(C(=C)N1CCCC1)c1ccccc1.CCC.CCC(C)c1ccc(Cl)cc1C(=O)C(C)C. The molecule has 2 aromatic carbocycles. The van der Waals surface area contributed by atoms with Crippen LogP contribution in [0.15, 0.2) is 72.3 Å². The third-order valence-corrected chi connectivity index (χ3v) is 7.60. The zero-order valence-electron chi connectivity index (χ0n) is 24.1. The molecule has 3 rings (SSSR count). The van der Waals surface area contributed by atoms with Gasteiger partial charge >= 0.3 is 0 Å². The molecule has 0 saturated carbocycles. The number of allylic oxidation sites excluding steroid dienone is 1. The monoisotopic (exact) mass is 541 g/mol. The number of carbonyl (C=O) groups excluding carboxylic acids is 1. The number of ketones is 1. The van der Waals surface area contributed by atoms with Crippen molar-refractivity contribution < 1.29 is 4.79 Å². The Morgan fingerprint density at radius 3 is 2.05 bits per heavy atom. The Kier molecular flexibility index (Phi) is 15.7. The molecule has 1 aliphatic rings. The van der Waals surface area contributed by atoms with Crippen LogP contribution in [0.1, 0.15) is 107 Å². The van der Waals surface area contributed by atoms with Crippen molar-refractivity contribution in [2.24, 2.45) is 5.92 Å². The highest BCUT2D eigenvalue weighted by atomic mass is 35.5. The number of thioether (sulfide) groups is 1. The Hall–Kier alpha value is -1.97. The van der Waals surface area contributed by atoms with Crippen molar-refractivity contribution in [3.63, 3.8) is 0 Å². The minimum atomic E-state index is 0.0151. The lowest BCUT2D eigenvalue weighted by Crippen LogP contribution is -2.21. The third kappa shape index (κ3) is 11.1. The number of hydrogen-bond acceptors (Lipinski definition) is 3. The van der Waals surface area contributed by atoms with E-state index in [1.165, 1.54) is 30.5 Å². The number of hydrogen-bond donors (Lipinski definition) is 0. The maximum Gasteiger partial charge on any atom is 0.165 e. The molecule has 2 nitrogen and oxygen atoms in total. The topological polar surface area (TPSA) is 20.3 Å². The van der Waals surface area contributed by atoms with Gasteiger partial charge in [-0.05, 0) is 60.3 Å². The smallest absolute Gasteiger partial charge is 0.165 e. The fraction of sp³-hybridized carbons (Fsp3) is 0.485. The van der Waals surface area contributed by atoms with Crippen LogP contribution in [0, 0.1) is 5.92 Å². The molecule has 0 aliphatic carbocycles. The zero-order valence-corrected chi connectivity index (χ0v) is 25.7. The first-order valence-electron chi connectivity index (χ1n) is 13.7. The predicted octanol–water partition coefficient (Wildman–Crippen LogP) is 10.7. The van der Waals surface area contributed by atoms with Crippen molar-refractivity contribution in [3.05, 3.63) is 94.0 Å². The summed E-state index contributed by atoms with van der Waals surface area (Å²) in [5.41, 5.74) is 4.46. The van der Waals surface area contributed by atoms with Gasteiger partial charge in [0.05, 0.1) is 5.25 Å². The molecule has 204 valence electrons. The van der Waals surface area contributed by atoms with Crippen molar-refractivity contribution in [1.82, 2.24) is 4.90 Å². The van der Waals surface area contributed by atoms with Crippen molar-refractivity contribution in [1.29, 1.82) is 0 Å². The fourth-order valence-electron chi connectivity index (χ4n) is 4.03. The van der Waals surface area contributed by atoms with Crippen LogP contribution in [0.3, 0.4) is 0 Å². The van der Waals surface area contributed by atoms with E-state index in [4.69, 9.17) is 11.6 Å². The Bertz CT molecular complexity index is 979. The second-order valence-electron chi connectivity index (χ2n) is 10.1. The van der Waals surface area contributed by atoms with E-state index in [9.17, 15) is 4.79 Å². The van der Waals surface area contributed by atoms with E-state index in [1.54, 1.807) is 6.07 Å². The van der Waals surface area contributed by atoms with Crippen molar-refractivity contribution in [3.8, 4) is 0 Å². The van der Waals surface area contributed by atoms with Crippen molar-refractivity contribution >= 4 is 29.1 Å². The molecule has 0 N–H and O–H groups in total. The number of Topliss-reactive ketones (excluding diaryl/α,β-unsaturated/α-hetero) is 1. The second-order valence-corrected chi connectivity index (χ2v) is 11.9. The van der Waals surface area contributed by atoms with Gasteiger partial charge in [-0.3, -0.25) is 4.79 Å². The molecule has 0 aromatic heterocycles. The summed E-state index contributed by atoms with van der Waals surface area (Å²) in [5.74, 6) is 0.592. The quantitative estimate of drug-likeness (QED) is 0.294. The van der Waals surface area contributed by atoms with Gasteiger partial charge in [0.15, 0.2) is 5.78 Å². The van der Waals surface area contributed by atoms with E-state index in [0.29, 0.717) is 16.2 Å². The van der Waals surface area contributed by atoms with Crippen LogP contribution in [-0.2, 0) is 0 Å². The average molecular weight is 542 g/mol. The van der Waals surface area contributed by atoms with Gasteiger partial charge in [0.2, 0.25) is 0 Å². The highest BCUT2D eigenvalue weighted by Gasteiger charge is 2.23. The van der Waals surface area contributed by atoms with E-state index < -0.39 is 0 Å². The number of benzene rings is 2. The summed E-state index contributed by atoms with van der Waals surface area (Å²) in [5, 5.41) is 0.942. The Morgan fingerprint density at radius 1 is 1.00 bits per heavy atom. The molecule has 0 spiro atoms. The lowest BCUT2D eigenvalue weighted by Gasteiger charge is -2.28. The highest BCUT2D eigenvalue weighted by molar-refractivity contribution is 8.03. The van der Waals surface area contributed by atoms with Crippen LogP contribution in [0.2, 0.25) is 5.02 Å². The van der Waals surface area contributed by atoms with Crippen LogP contribution < -0.4 is 0 Å². The van der Waals surface area contributed by atoms with Gasteiger partial charge in [-0.1, -0.05) is 109 Å². The molecule has 2 atom stereocenters. The number of rotatable bonds is 9. The van der Waals surface area contributed by atoms with Crippen LogP contribution >= 0.6 is 23.4 Å². The molecule has 1 aliphatic heterocycles. The first-order valence-corrected chi connectivity index (χ1v) is 15.0. The predicted molar refractivity (Wildman–Crippen MR) is 167 cm³/mol. The lowest BCUT2D eigenvalue weighted by atomic mass is 9.89. The van der Waals surface area contributed by atoms with Gasteiger partial charge in [-0.2, -0.15) is 0 Å². The maximum atomic E-state index is 12.1. The standard InChI is InChI=1S/C16H21NS.C14H19ClO.C3H8/c1-13(2)18-16(15-9-5-4-6-10-15)14(3)17-11-7-8-12-17;1-5-10(4)12-7-6-11(15)8-13(12)14(16)9(2)3;1-3-2/h4-6,9-10,16H,1,3,7-8,11-12H2,2H3;6-10H,5H2,1-4H3;3H2,1-2H3. The van der Waals surface area contributed by atoms with Gasteiger partial charge in [0, 0.05) is 35.3 Å². The van der Waals surface area contributed by atoms with E-state index in [1.807, 2.05) is 37.7 Å². The Morgan fingerprint density at radius 2 is 1.57 bits per heavy atom. The second kappa shape index (κ2) is 17.5. The molecular weight excluding hydrogens is 494 g/mol. The Balaban J connectivity index is 0.000000337. The van der Waals surface area contributed by atoms with Crippen LogP contribution in [0.5, 0.6) is 0 Å². The summed E-state index contributed by atoms with van der Waals surface area (Å²) in [4.78, 5) is 15.6.